The van der Waals surface area contributed by atoms with Crippen LogP contribution in [-0.2, 0) is 4.79 Å². The first kappa shape index (κ1) is 17.4. The quantitative estimate of drug-likeness (QED) is 0.607. The molecule has 108 valence electrons. The normalized spacial score (nSPS) is 13.1. The van der Waals surface area contributed by atoms with Crippen LogP contribution in [0.2, 0.25) is 0 Å². The lowest BCUT2D eigenvalue weighted by molar-refractivity contribution is -0.123. The maximum absolute atomic E-state index is 11.9. The van der Waals surface area contributed by atoms with Gasteiger partial charge in [-0.05, 0) is 46.4 Å². The fourth-order valence-electron chi connectivity index (χ4n) is 2.08. The Balaban J connectivity index is 3.99. The zero-order valence-electron chi connectivity index (χ0n) is 12.8. The minimum Gasteiger partial charge on any atom is -0.341 e. The maximum atomic E-state index is 11.9. The van der Waals surface area contributed by atoms with Crippen molar-refractivity contribution in [1.29, 1.82) is 0 Å². The van der Waals surface area contributed by atoms with Gasteiger partial charge in [0.05, 0.1) is 6.17 Å². The molecule has 4 nitrogen and oxygen atoms in total. The number of amides is 1. The molecule has 0 bridgehead atoms. The van der Waals surface area contributed by atoms with Crippen molar-refractivity contribution in [2.45, 2.75) is 52.6 Å². The van der Waals surface area contributed by atoms with Crippen molar-refractivity contribution in [2.24, 2.45) is 0 Å². The first-order valence-electron chi connectivity index (χ1n) is 7.23. The van der Waals surface area contributed by atoms with Gasteiger partial charge in [0.1, 0.15) is 0 Å². The van der Waals surface area contributed by atoms with Gasteiger partial charge in [-0.15, -0.1) is 0 Å². The molecule has 0 heterocycles. The van der Waals surface area contributed by atoms with E-state index in [1.54, 1.807) is 0 Å². The highest BCUT2D eigenvalue weighted by atomic mass is 16.1. The van der Waals surface area contributed by atoms with E-state index in [1.165, 1.54) is 0 Å². The predicted molar refractivity (Wildman–Crippen MR) is 77.5 cm³/mol. The van der Waals surface area contributed by atoms with Crippen LogP contribution in [0.15, 0.2) is 0 Å². The van der Waals surface area contributed by atoms with E-state index >= 15 is 0 Å². The average Bonchev–Trinajstić information content (AvgIpc) is 2.33. The smallest absolute Gasteiger partial charge is 0.222 e. The molecule has 1 N–H and O–H groups in total. The Labute approximate surface area is 113 Å². The van der Waals surface area contributed by atoms with Gasteiger partial charge in [-0.2, -0.15) is 0 Å². The van der Waals surface area contributed by atoms with E-state index < -0.39 is 0 Å². The van der Waals surface area contributed by atoms with Gasteiger partial charge >= 0.3 is 0 Å². The first-order chi connectivity index (χ1) is 8.54. The lowest BCUT2D eigenvalue weighted by atomic mass is 10.3. The zero-order chi connectivity index (χ0) is 14.0. The fourth-order valence-corrected chi connectivity index (χ4v) is 2.08. The Kier molecular flexibility index (Phi) is 9.98. The Morgan fingerprint density at radius 2 is 1.61 bits per heavy atom. The van der Waals surface area contributed by atoms with Crippen molar-refractivity contribution in [3.05, 3.63) is 0 Å². The molecule has 0 aliphatic carbocycles. The van der Waals surface area contributed by atoms with E-state index in [1.807, 2.05) is 19.0 Å². The highest BCUT2D eigenvalue weighted by Gasteiger charge is 2.13. The summed E-state index contributed by atoms with van der Waals surface area (Å²) in [4.78, 5) is 16.3. The number of hydrogen-bond donors (Lipinski definition) is 1. The van der Waals surface area contributed by atoms with Crippen LogP contribution in [0.1, 0.15) is 46.5 Å². The predicted octanol–water partition coefficient (Wildman–Crippen LogP) is 1.91. The van der Waals surface area contributed by atoms with Crippen LogP contribution >= 0.6 is 0 Å². The number of nitrogens with one attached hydrogen (secondary N) is 1. The lowest BCUT2D eigenvalue weighted by Gasteiger charge is -2.25. The number of carbonyl (C=O) groups is 1. The summed E-state index contributed by atoms with van der Waals surface area (Å²) in [5.74, 6) is 0.160. The number of hydrogen-bond acceptors (Lipinski definition) is 3. The molecule has 0 radical (unpaired) electrons. The van der Waals surface area contributed by atoms with Gasteiger partial charge in [-0.3, -0.25) is 9.69 Å². The Morgan fingerprint density at radius 1 is 1.06 bits per heavy atom. The SMILES string of the molecule is CCCN(CCC)CCC(=O)NC(CC)N(C)C. The first-order valence-corrected chi connectivity index (χ1v) is 7.23. The molecular formula is C14H31N3O. The van der Waals surface area contributed by atoms with E-state index in [2.05, 4.69) is 31.0 Å². The van der Waals surface area contributed by atoms with Crippen LogP contribution in [0.4, 0.5) is 0 Å². The van der Waals surface area contributed by atoms with Crippen LogP contribution in [0.3, 0.4) is 0 Å². The van der Waals surface area contributed by atoms with Gasteiger partial charge in [0.25, 0.3) is 0 Å². The maximum Gasteiger partial charge on any atom is 0.222 e. The van der Waals surface area contributed by atoms with Crippen molar-refractivity contribution in [3.8, 4) is 0 Å². The summed E-state index contributed by atoms with van der Waals surface area (Å²) in [7, 11) is 3.99. The average molecular weight is 257 g/mol. The van der Waals surface area contributed by atoms with Crippen molar-refractivity contribution in [3.63, 3.8) is 0 Å². The van der Waals surface area contributed by atoms with E-state index in [9.17, 15) is 4.79 Å². The Hall–Kier alpha value is -0.610. The largest absolute Gasteiger partial charge is 0.341 e. The minimum absolute atomic E-state index is 0.156. The third-order valence-corrected chi connectivity index (χ3v) is 3.07. The van der Waals surface area contributed by atoms with Gasteiger partial charge in [0.2, 0.25) is 5.91 Å². The summed E-state index contributed by atoms with van der Waals surface area (Å²) >= 11 is 0. The number of nitrogens with zero attached hydrogens (tertiary/aromatic N) is 2. The molecule has 0 aromatic heterocycles. The second kappa shape index (κ2) is 10.3. The molecule has 0 spiro atoms. The van der Waals surface area contributed by atoms with Crippen molar-refractivity contribution in [2.75, 3.05) is 33.7 Å². The second-order valence-electron chi connectivity index (χ2n) is 5.05. The third kappa shape index (κ3) is 7.67. The van der Waals surface area contributed by atoms with Crippen molar-refractivity contribution >= 4 is 5.91 Å². The van der Waals surface area contributed by atoms with Crippen LogP contribution < -0.4 is 5.32 Å². The zero-order valence-corrected chi connectivity index (χ0v) is 12.8. The van der Waals surface area contributed by atoms with E-state index in [0.29, 0.717) is 6.42 Å². The Morgan fingerprint density at radius 3 is 2.00 bits per heavy atom. The van der Waals surface area contributed by atoms with Gasteiger partial charge in [0.15, 0.2) is 0 Å². The molecule has 1 atom stereocenters. The molecule has 0 fully saturated rings. The third-order valence-electron chi connectivity index (χ3n) is 3.07. The van der Waals surface area contributed by atoms with Gasteiger partial charge < -0.3 is 10.2 Å². The highest BCUT2D eigenvalue weighted by Crippen LogP contribution is 1.99. The molecule has 1 amide bonds. The van der Waals surface area contributed by atoms with Gasteiger partial charge in [-0.25, -0.2) is 0 Å². The summed E-state index contributed by atoms with van der Waals surface area (Å²) < 4.78 is 0. The van der Waals surface area contributed by atoms with E-state index in [-0.39, 0.29) is 12.1 Å². The molecule has 4 heteroatoms. The molecule has 0 saturated carbocycles. The van der Waals surface area contributed by atoms with Gasteiger partial charge in [0, 0.05) is 13.0 Å². The minimum atomic E-state index is 0.156. The van der Waals surface area contributed by atoms with Gasteiger partial charge in [-0.1, -0.05) is 20.8 Å². The van der Waals surface area contributed by atoms with Crippen LogP contribution in [0.5, 0.6) is 0 Å². The molecule has 0 aliphatic heterocycles. The standard InChI is InChI=1S/C14H31N3O/c1-6-10-17(11-7-2)12-9-14(18)15-13(8-3)16(4)5/h13H,6-12H2,1-5H3,(H,15,18). The molecule has 0 saturated heterocycles. The second-order valence-corrected chi connectivity index (χ2v) is 5.05. The Bertz CT molecular complexity index is 213. The van der Waals surface area contributed by atoms with Crippen LogP contribution in [0, 0.1) is 0 Å². The number of carbonyl (C=O) groups excluding carboxylic acids is 1. The molecule has 0 aromatic rings. The summed E-state index contributed by atoms with van der Waals surface area (Å²) in [6.07, 6.45) is 3.99. The molecule has 0 aromatic carbocycles. The molecular weight excluding hydrogens is 226 g/mol. The molecule has 0 aliphatic rings. The summed E-state index contributed by atoms with van der Waals surface area (Å²) in [5.41, 5.74) is 0. The highest BCUT2D eigenvalue weighted by molar-refractivity contribution is 5.76. The lowest BCUT2D eigenvalue weighted by Crippen LogP contribution is -2.45. The molecule has 18 heavy (non-hydrogen) atoms. The van der Waals surface area contributed by atoms with Crippen molar-refractivity contribution in [1.82, 2.24) is 15.1 Å². The summed E-state index contributed by atoms with van der Waals surface area (Å²) in [5, 5.41) is 3.07. The topological polar surface area (TPSA) is 35.6 Å². The summed E-state index contributed by atoms with van der Waals surface area (Å²) in [6, 6.07) is 0. The molecule has 0 rings (SSSR count). The van der Waals surface area contributed by atoms with E-state index in [0.717, 1.165) is 38.9 Å². The fraction of sp³-hybridized carbons (Fsp3) is 0.929. The van der Waals surface area contributed by atoms with Crippen molar-refractivity contribution < 1.29 is 4.79 Å². The van der Waals surface area contributed by atoms with Crippen LogP contribution in [-0.4, -0.2) is 55.6 Å². The summed E-state index contributed by atoms with van der Waals surface area (Å²) in [6.45, 7) is 9.50. The number of rotatable bonds is 10. The monoisotopic (exact) mass is 257 g/mol. The van der Waals surface area contributed by atoms with Crippen LogP contribution in [0.25, 0.3) is 0 Å². The molecule has 1 unspecified atom stereocenters. The van der Waals surface area contributed by atoms with E-state index in [4.69, 9.17) is 0 Å².